The smallest absolute Gasteiger partial charge is 0.0674 e. The summed E-state index contributed by atoms with van der Waals surface area (Å²) in [6.07, 6.45) is 3.31. The van der Waals surface area contributed by atoms with Crippen LogP contribution < -0.4 is 5.32 Å². The summed E-state index contributed by atoms with van der Waals surface area (Å²) in [6.45, 7) is 8.45. The highest BCUT2D eigenvalue weighted by Gasteiger charge is 2.36. The zero-order valence-electron chi connectivity index (χ0n) is 9.14. The molecule has 0 amide bonds. The largest absolute Gasteiger partial charge is 0.390 e. The molecule has 0 aromatic rings. The van der Waals surface area contributed by atoms with Crippen LogP contribution in [-0.4, -0.2) is 23.8 Å². The molecule has 78 valence electrons. The first-order valence-corrected chi connectivity index (χ1v) is 5.52. The van der Waals surface area contributed by atoms with Gasteiger partial charge >= 0.3 is 0 Å². The summed E-state index contributed by atoms with van der Waals surface area (Å²) in [4.78, 5) is 0. The molecule has 1 aliphatic rings. The SMILES string of the molecule is CCC(C)C(C)(O)C1CCNCC1. The number of rotatable bonds is 3. The Kier molecular flexibility index (Phi) is 3.74. The Labute approximate surface area is 81.7 Å². The molecule has 0 bridgehead atoms. The molecule has 0 aromatic carbocycles. The lowest BCUT2D eigenvalue weighted by Gasteiger charge is -2.40. The fraction of sp³-hybridized carbons (Fsp3) is 1.00. The van der Waals surface area contributed by atoms with Crippen LogP contribution in [0.5, 0.6) is 0 Å². The Morgan fingerprint density at radius 3 is 2.46 bits per heavy atom. The van der Waals surface area contributed by atoms with Crippen LogP contribution in [0.1, 0.15) is 40.0 Å². The number of hydrogen-bond donors (Lipinski definition) is 2. The van der Waals surface area contributed by atoms with Crippen molar-refractivity contribution in [2.75, 3.05) is 13.1 Å². The van der Waals surface area contributed by atoms with Gasteiger partial charge in [0, 0.05) is 0 Å². The minimum absolute atomic E-state index is 0.413. The second-order valence-corrected chi connectivity index (χ2v) is 4.56. The summed E-state index contributed by atoms with van der Waals surface area (Å²) in [7, 11) is 0. The third kappa shape index (κ3) is 2.44. The first-order chi connectivity index (χ1) is 6.09. The fourth-order valence-corrected chi connectivity index (χ4v) is 2.22. The molecule has 2 nitrogen and oxygen atoms in total. The molecule has 0 radical (unpaired) electrons. The first-order valence-electron chi connectivity index (χ1n) is 5.52. The summed E-state index contributed by atoms with van der Waals surface area (Å²) >= 11 is 0. The van der Waals surface area contributed by atoms with Crippen LogP contribution in [0.4, 0.5) is 0 Å². The number of aliphatic hydroxyl groups is 1. The van der Waals surface area contributed by atoms with Crippen molar-refractivity contribution in [1.29, 1.82) is 0 Å². The van der Waals surface area contributed by atoms with E-state index in [0.717, 1.165) is 32.4 Å². The highest BCUT2D eigenvalue weighted by atomic mass is 16.3. The number of piperidine rings is 1. The lowest BCUT2D eigenvalue weighted by molar-refractivity contribution is -0.0588. The molecule has 0 aromatic heterocycles. The summed E-state index contributed by atoms with van der Waals surface area (Å²) in [6, 6.07) is 0. The van der Waals surface area contributed by atoms with Crippen molar-refractivity contribution in [3.8, 4) is 0 Å². The van der Waals surface area contributed by atoms with E-state index in [2.05, 4.69) is 19.2 Å². The van der Waals surface area contributed by atoms with E-state index in [1.165, 1.54) is 0 Å². The maximum absolute atomic E-state index is 10.4. The van der Waals surface area contributed by atoms with E-state index in [4.69, 9.17) is 0 Å². The Morgan fingerprint density at radius 2 is 2.00 bits per heavy atom. The van der Waals surface area contributed by atoms with Crippen molar-refractivity contribution in [3.63, 3.8) is 0 Å². The quantitative estimate of drug-likeness (QED) is 0.702. The predicted octanol–water partition coefficient (Wildman–Crippen LogP) is 1.78. The van der Waals surface area contributed by atoms with E-state index in [1.54, 1.807) is 0 Å². The van der Waals surface area contributed by atoms with E-state index in [0.29, 0.717) is 11.8 Å². The third-order valence-electron chi connectivity index (χ3n) is 3.78. The van der Waals surface area contributed by atoms with Crippen molar-refractivity contribution < 1.29 is 5.11 Å². The fourth-order valence-electron chi connectivity index (χ4n) is 2.22. The molecule has 2 N–H and O–H groups in total. The van der Waals surface area contributed by atoms with Gasteiger partial charge in [-0.2, -0.15) is 0 Å². The molecule has 1 heterocycles. The van der Waals surface area contributed by atoms with Gasteiger partial charge in [0.15, 0.2) is 0 Å². The minimum atomic E-state index is -0.461. The van der Waals surface area contributed by atoms with E-state index >= 15 is 0 Å². The maximum atomic E-state index is 10.4. The molecule has 2 atom stereocenters. The summed E-state index contributed by atoms with van der Waals surface area (Å²) in [5.41, 5.74) is -0.461. The minimum Gasteiger partial charge on any atom is -0.390 e. The van der Waals surface area contributed by atoms with E-state index < -0.39 is 5.60 Å². The second kappa shape index (κ2) is 4.43. The molecule has 2 unspecified atom stereocenters. The summed E-state index contributed by atoms with van der Waals surface area (Å²) in [5.74, 6) is 0.902. The molecule has 13 heavy (non-hydrogen) atoms. The average Bonchev–Trinajstić information content (AvgIpc) is 2.18. The van der Waals surface area contributed by atoms with Crippen molar-refractivity contribution in [1.82, 2.24) is 5.32 Å². The standard InChI is InChI=1S/C11H23NO/c1-4-9(2)11(3,13)10-5-7-12-8-6-10/h9-10,12-13H,4-8H2,1-3H3. The van der Waals surface area contributed by atoms with Crippen molar-refractivity contribution in [2.24, 2.45) is 11.8 Å². The van der Waals surface area contributed by atoms with E-state index in [1.807, 2.05) is 6.92 Å². The molecule has 0 spiro atoms. The van der Waals surface area contributed by atoms with Crippen LogP contribution in [0.3, 0.4) is 0 Å². The summed E-state index contributed by atoms with van der Waals surface area (Å²) in [5, 5.41) is 13.7. The van der Waals surface area contributed by atoms with Crippen LogP contribution in [0.25, 0.3) is 0 Å². The van der Waals surface area contributed by atoms with Crippen LogP contribution in [-0.2, 0) is 0 Å². The Balaban J connectivity index is 2.55. The Morgan fingerprint density at radius 1 is 1.46 bits per heavy atom. The molecule has 0 saturated carbocycles. The zero-order chi connectivity index (χ0) is 9.90. The van der Waals surface area contributed by atoms with Gasteiger partial charge < -0.3 is 10.4 Å². The first kappa shape index (κ1) is 11.0. The number of hydrogen-bond acceptors (Lipinski definition) is 2. The summed E-state index contributed by atoms with van der Waals surface area (Å²) < 4.78 is 0. The molecule has 0 aliphatic carbocycles. The topological polar surface area (TPSA) is 32.3 Å². The molecule has 1 rings (SSSR count). The monoisotopic (exact) mass is 185 g/mol. The van der Waals surface area contributed by atoms with Gasteiger partial charge in [-0.25, -0.2) is 0 Å². The lowest BCUT2D eigenvalue weighted by atomic mass is 9.74. The van der Waals surface area contributed by atoms with Gasteiger partial charge in [-0.05, 0) is 44.7 Å². The lowest BCUT2D eigenvalue weighted by Crippen LogP contribution is -2.45. The van der Waals surface area contributed by atoms with Crippen LogP contribution in [0, 0.1) is 11.8 Å². The number of nitrogens with one attached hydrogen (secondary N) is 1. The highest BCUT2D eigenvalue weighted by Crippen LogP contribution is 2.33. The average molecular weight is 185 g/mol. The Bertz CT molecular complexity index is 150. The maximum Gasteiger partial charge on any atom is 0.0674 e. The molecule has 2 heteroatoms. The van der Waals surface area contributed by atoms with Gasteiger partial charge in [-0.15, -0.1) is 0 Å². The van der Waals surface area contributed by atoms with Crippen LogP contribution in [0.2, 0.25) is 0 Å². The second-order valence-electron chi connectivity index (χ2n) is 4.56. The van der Waals surface area contributed by atoms with Crippen molar-refractivity contribution in [3.05, 3.63) is 0 Å². The van der Waals surface area contributed by atoms with Gasteiger partial charge in [0.2, 0.25) is 0 Å². The van der Waals surface area contributed by atoms with Crippen LogP contribution >= 0.6 is 0 Å². The van der Waals surface area contributed by atoms with Crippen molar-refractivity contribution >= 4 is 0 Å². The zero-order valence-corrected chi connectivity index (χ0v) is 9.14. The van der Waals surface area contributed by atoms with Crippen molar-refractivity contribution in [2.45, 2.75) is 45.6 Å². The molecular formula is C11H23NO. The molecule has 1 saturated heterocycles. The van der Waals surface area contributed by atoms with Crippen LogP contribution in [0.15, 0.2) is 0 Å². The van der Waals surface area contributed by atoms with Gasteiger partial charge in [-0.3, -0.25) is 0 Å². The van der Waals surface area contributed by atoms with Gasteiger partial charge in [0.1, 0.15) is 0 Å². The molecular weight excluding hydrogens is 162 g/mol. The van der Waals surface area contributed by atoms with E-state index in [-0.39, 0.29) is 0 Å². The molecule has 1 fully saturated rings. The molecule has 1 aliphatic heterocycles. The van der Waals surface area contributed by atoms with E-state index in [9.17, 15) is 5.11 Å². The highest BCUT2D eigenvalue weighted by molar-refractivity contribution is 4.88. The van der Waals surface area contributed by atoms with Gasteiger partial charge in [0.25, 0.3) is 0 Å². The predicted molar refractivity (Wildman–Crippen MR) is 55.7 cm³/mol. The van der Waals surface area contributed by atoms with Gasteiger partial charge in [-0.1, -0.05) is 20.3 Å². The Hall–Kier alpha value is -0.0800. The van der Waals surface area contributed by atoms with Gasteiger partial charge in [0.05, 0.1) is 5.60 Å². The third-order valence-corrected chi connectivity index (χ3v) is 3.78. The normalized spacial score (nSPS) is 26.8.